The van der Waals surface area contributed by atoms with Crippen LogP contribution in [0.15, 0.2) is 24.3 Å². The maximum Gasteiger partial charge on any atom is 0.0991 e. The molecule has 2 rings (SSSR count). The predicted molar refractivity (Wildman–Crippen MR) is 105 cm³/mol. The average Bonchev–Trinajstić information content (AvgIpc) is 2.67. The number of ether oxygens (including phenoxy) is 1. The van der Waals surface area contributed by atoms with E-state index >= 15 is 0 Å². The summed E-state index contributed by atoms with van der Waals surface area (Å²) in [5.41, 5.74) is 2.15. The number of nitriles is 1. The Bertz CT molecular complexity index is 494. The summed E-state index contributed by atoms with van der Waals surface area (Å²) in [6.07, 6.45) is 16.1. The van der Waals surface area contributed by atoms with E-state index in [1.807, 2.05) is 12.1 Å². The zero-order chi connectivity index (χ0) is 17.7. The van der Waals surface area contributed by atoms with E-state index in [2.05, 4.69) is 25.1 Å². The van der Waals surface area contributed by atoms with Gasteiger partial charge in [-0.2, -0.15) is 5.26 Å². The molecule has 1 aromatic carbocycles. The second-order valence-electron chi connectivity index (χ2n) is 7.55. The van der Waals surface area contributed by atoms with E-state index in [0.29, 0.717) is 12.0 Å². The molecule has 1 saturated carbocycles. The minimum atomic E-state index is 0.471. The molecule has 1 aliphatic rings. The fourth-order valence-corrected chi connectivity index (χ4v) is 3.88. The molecule has 0 N–H and O–H groups in total. The van der Waals surface area contributed by atoms with Crippen molar-refractivity contribution in [2.24, 2.45) is 0 Å². The summed E-state index contributed by atoms with van der Waals surface area (Å²) in [5.74, 6) is 0.649. The Hall–Kier alpha value is -1.33. The highest BCUT2D eigenvalue weighted by Crippen LogP contribution is 2.34. The minimum Gasteiger partial charge on any atom is -0.378 e. The molecule has 138 valence electrons. The van der Waals surface area contributed by atoms with Crippen molar-refractivity contribution in [1.82, 2.24) is 0 Å². The highest BCUT2D eigenvalue weighted by molar-refractivity contribution is 5.33. The van der Waals surface area contributed by atoms with Gasteiger partial charge < -0.3 is 4.74 Å². The van der Waals surface area contributed by atoms with E-state index in [9.17, 15) is 0 Å². The van der Waals surface area contributed by atoms with Gasteiger partial charge in [0, 0.05) is 6.61 Å². The molecule has 0 atom stereocenters. The summed E-state index contributed by atoms with van der Waals surface area (Å²) in [5, 5.41) is 8.89. The smallest absolute Gasteiger partial charge is 0.0991 e. The molecule has 0 aromatic heterocycles. The lowest BCUT2D eigenvalue weighted by atomic mass is 9.82. The third-order valence-corrected chi connectivity index (χ3v) is 5.54. The van der Waals surface area contributed by atoms with Gasteiger partial charge in [0.2, 0.25) is 0 Å². The number of hydrogen-bond acceptors (Lipinski definition) is 2. The van der Waals surface area contributed by atoms with Gasteiger partial charge >= 0.3 is 0 Å². The van der Waals surface area contributed by atoms with Crippen molar-refractivity contribution in [3.8, 4) is 6.07 Å². The van der Waals surface area contributed by atoms with Crippen LogP contribution in [0.5, 0.6) is 0 Å². The van der Waals surface area contributed by atoms with Crippen LogP contribution in [0, 0.1) is 11.3 Å². The van der Waals surface area contributed by atoms with Crippen LogP contribution in [-0.2, 0) is 4.74 Å². The van der Waals surface area contributed by atoms with E-state index in [4.69, 9.17) is 10.00 Å². The molecule has 0 heterocycles. The highest BCUT2D eigenvalue weighted by atomic mass is 16.5. The SMILES string of the molecule is CCCCCCCCCCOC1CCC(c2ccc(C#N)cc2)CC1. The number of rotatable bonds is 11. The van der Waals surface area contributed by atoms with Crippen LogP contribution >= 0.6 is 0 Å². The van der Waals surface area contributed by atoms with Crippen LogP contribution in [0.1, 0.15) is 101 Å². The van der Waals surface area contributed by atoms with Crippen LogP contribution in [-0.4, -0.2) is 12.7 Å². The monoisotopic (exact) mass is 341 g/mol. The van der Waals surface area contributed by atoms with Crippen molar-refractivity contribution in [2.75, 3.05) is 6.61 Å². The van der Waals surface area contributed by atoms with Crippen LogP contribution in [0.3, 0.4) is 0 Å². The molecule has 2 heteroatoms. The number of hydrogen-bond donors (Lipinski definition) is 0. The van der Waals surface area contributed by atoms with Crippen molar-refractivity contribution in [1.29, 1.82) is 5.26 Å². The van der Waals surface area contributed by atoms with Gasteiger partial charge in [-0.3, -0.25) is 0 Å². The molecule has 0 bridgehead atoms. The second kappa shape index (κ2) is 12.1. The number of benzene rings is 1. The van der Waals surface area contributed by atoms with Gasteiger partial charge in [-0.05, 0) is 55.7 Å². The Morgan fingerprint density at radius 2 is 1.48 bits per heavy atom. The van der Waals surface area contributed by atoms with Gasteiger partial charge in [-0.1, -0.05) is 64.0 Å². The van der Waals surface area contributed by atoms with Gasteiger partial charge in [-0.25, -0.2) is 0 Å². The summed E-state index contributed by atoms with van der Waals surface area (Å²) < 4.78 is 6.11. The predicted octanol–water partition coefficient (Wildman–Crippen LogP) is 6.74. The quantitative estimate of drug-likeness (QED) is 0.417. The largest absolute Gasteiger partial charge is 0.378 e. The molecule has 0 amide bonds. The zero-order valence-corrected chi connectivity index (χ0v) is 16.0. The first-order valence-corrected chi connectivity index (χ1v) is 10.4. The fraction of sp³-hybridized carbons (Fsp3) is 0.696. The summed E-state index contributed by atoms with van der Waals surface area (Å²) in [4.78, 5) is 0. The Balaban J connectivity index is 1.51. The van der Waals surface area contributed by atoms with Crippen molar-refractivity contribution >= 4 is 0 Å². The van der Waals surface area contributed by atoms with E-state index in [1.54, 1.807) is 0 Å². The van der Waals surface area contributed by atoms with Gasteiger partial charge in [0.05, 0.1) is 17.7 Å². The van der Waals surface area contributed by atoms with Crippen molar-refractivity contribution in [2.45, 2.75) is 96.0 Å². The Morgan fingerprint density at radius 3 is 2.08 bits per heavy atom. The Morgan fingerprint density at radius 1 is 0.880 bits per heavy atom. The number of unbranched alkanes of at least 4 members (excludes halogenated alkanes) is 7. The molecule has 0 saturated heterocycles. The standard InChI is InChI=1S/C23H35NO/c1-2-3-4-5-6-7-8-9-18-25-23-16-14-22(15-17-23)21-12-10-20(19-24)11-13-21/h10-13,22-23H,2-9,14-18H2,1H3. The van der Waals surface area contributed by atoms with Crippen LogP contribution in [0.2, 0.25) is 0 Å². The molecule has 0 radical (unpaired) electrons. The lowest BCUT2D eigenvalue weighted by Crippen LogP contribution is -2.21. The van der Waals surface area contributed by atoms with Gasteiger partial charge in [0.15, 0.2) is 0 Å². The summed E-state index contributed by atoms with van der Waals surface area (Å²) in [7, 11) is 0. The first-order chi connectivity index (χ1) is 12.3. The normalized spacial score (nSPS) is 20.3. The lowest BCUT2D eigenvalue weighted by Gasteiger charge is -2.29. The fourth-order valence-electron chi connectivity index (χ4n) is 3.88. The molecule has 0 spiro atoms. The summed E-state index contributed by atoms with van der Waals surface area (Å²) in [6, 6.07) is 10.3. The first kappa shape index (κ1) is 20.0. The Kier molecular flexibility index (Phi) is 9.67. The molecule has 2 nitrogen and oxygen atoms in total. The van der Waals surface area contributed by atoms with Gasteiger partial charge in [0.25, 0.3) is 0 Å². The third-order valence-electron chi connectivity index (χ3n) is 5.54. The zero-order valence-electron chi connectivity index (χ0n) is 16.0. The second-order valence-corrected chi connectivity index (χ2v) is 7.55. The van der Waals surface area contributed by atoms with E-state index in [-0.39, 0.29) is 0 Å². The third kappa shape index (κ3) is 7.61. The lowest BCUT2D eigenvalue weighted by molar-refractivity contribution is 0.0226. The molecule has 0 unspecified atom stereocenters. The summed E-state index contributed by atoms with van der Waals surface area (Å²) >= 11 is 0. The first-order valence-electron chi connectivity index (χ1n) is 10.4. The molecular formula is C23H35NO. The number of nitrogens with zero attached hydrogens (tertiary/aromatic N) is 1. The minimum absolute atomic E-state index is 0.471. The van der Waals surface area contributed by atoms with Crippen LogP contribution in [0.25, 0.3) is 0 Å². The van der Waals surface area contributed by atoms with Crippen LogP contribution in [0.4, 0.5) is 0 Å². The Labute approximate surface area is 154 Å². The van der Waals surface area contributed by atoms with Gasteiger partial charge in [0.1, 0.15) is 0 Å². The van der Waals surface area contributed by atoms with Crippen molar-refractivity contribution < 1.29 is 4.74 Å². The molecule has 0 aliphatic heterocycles. The molecule has 1 aliphatic carbocycles. The molecule has 25 heavy (non-hydrogen) atoms. The van der Waals surface area contributed by atoms with Crippen molar-refractivity contribution in [3.05, 3.63) is 35.4 Å². The van der Waals surface area contributed by atoms with Crippen LogP contribution < -0.4 is 0 Å². The van der Waals surface area contributed by atoms with E-state index in [1.165, 1.54) is 82.6 Å². The summed E-state index contributed by atoms with van der Waals surface area (Å²) in [6.45, 7) is 3.22. The van der Waals surface area contributed by atoms with Crippen molar-refractivity contribution in [3.63, 3.8) is 0 Å². The topological polar surface area (TPSA) is 33.0 Å². The average molecular weight is 342 g/mol. The maximum atomic E-state index is 8.89. The van der Waals surface area contributed by atoms with E-state index < -0.39 is 0 Å². The van der Waals surface area contributed by atoms with E-state index in [0.717, 1.165) is 12.2 Å². The van der Waals surface area contributed by atoms with Gasteiger partial charge in [-0.15, -0.1) is 0 Å². The molecular weight excluding hydrogens is 306 g/mol. The maximum absolute atomic E-state index is 8.89. The molecule has 1 fully saturated rings. The molecule has 1 aromatic rings. The highest BCUT2D eigenvalue weighted by Gasteiger charge is 2.22.